The van der Waals surface area contributed by atoms with Crippen LogP contribution in [0.3, 0.4) is 0 Å². The number of carbonyl (C=O) groups excluding carboxylic acids is 1. The van der Waals surface area contributed by atoms with E-state index in [0.29, 0.717) is 6.61 Å². The molecule has 2 aliphatic heterocycles. The molecule has 1 aliphatic carbocycles. The van der Waals surface area contributed by atoms with Crippen LogP contribution in [0.25, 0.3) is 10.2 Å². The Hall–Kier alpha value is -3.20. The average Bonchev–Trinajstić information content (AvgIpc) is 3.69. The van der Waals surface area contributed by atoms with Crippen molar-refractivity contribution < 1.29 is 14.0 Å². The van der Waals surface area contributed by atoms with Gasteiger partial charge in [-0.15, -0.1) is 0 Å². The first-order chi connectivity index (χ1) is 18.8. The van der Waals surface area contributed by atoms with Crippen molar-refractivity contribution in [2.45, 2.75) is 63.3 Å². The number of aromatic nitrogens is 1. The second kappa shape index (κ2) is 9.18. The lowest BCUT2D eigenvalue weighted by Gasteiger charge is -2.45. The molecule has 3 atom stereocenters. The van der Waals surface area contributed by atoms with E-state index in [1.165, 1.54) is 10.4 Å². The van der Waals surface area contributed by atoms with E-state index in [9.17, 15) is 4.79 Å². The van der Waals surface area contributed by atoms with Gasteiger partial charge in [0.05, 0.1) is 28.9 Å². The Balaban J connectivity index is 1.23. The van der Waals surface area contributed by atoms with Gasteiger partial charge in [0.15, 0.2) is 5.13 Å². The summed E-state index contributed by atoms with van der Waals surface area (Å²) in [4.78, 5) is 20.1. The Morgan fingerprint density at radius 1 is 1.00 bits per heavy atom. The van der Waals surface area contributed by atoms with E-state index in [0.717, 1.165) is 45.9 Å². The maximum atomic E-state index is 13.2. The summed E-state index contributed by atoms with van der Waals surface area (Å²) < 4.78 is 14.3. The summed E-state index contributed by atoms with van der Waals surface area (Å²) >= 11 is 1.59. The van der Waals surface area contributed by atoms with Crippen LogP contribution in [0, 0.1) is 0 Å². The molecule has 8 heteroatoms. The lowest BCUT2D eigenvalue weighted by Crippen LogP contribution is -2.67. The Kier molecular flexibility index (Phi) is 5.84. The van der Waals surface area contributed by atoms with Gasteiger partial charge < -0.3 is 14.5 Å². The Morgan fingerprint density at radius 2 is 1.69 bits per heavy atom. The van der Waals surface area contributed by atoms with E-state index in [1.807, 2.05) is 11.0 Å². The van der Waals surface area contributed by atoms with Gasteiger partial charge >= 0.3 is 6.03 Å². The molecule has 0 unspecified atom stereocenters. The molecule has 3 heterocycles. The number of rotatable bonds is 5. The molecule has 0 radical (unpaired) electrons. The number of urea groups is 1. The van der Waals surface area contributed by atoms with Gasteiger partial charge in [0.1, 0.15) is 5.75 Å². The first-order valence-corrected chi connectivity index (χ1v) is 16.5. The molecule has 3 aliphatic rings. The molecule has 7 rings (SSSR count). The van der Waals surface area contributed by atoms with Crippen molar-refractivity contribution in [3.05, 3.63) is 78.4 Å². The number of nitrogens with zero attached hydrogens (tertiary/aromatic N) is 2. The number of amides is 2. The van der Waals surface area contributed by atoms with Gasteiger partial charge in [-0.05, 0) is 40.4 Å². The van der Waals surface area contributed by atoms with E-state index in [1.54, 1.807) is 11.3 Å². The Labute approximate surface area is 234 Å². The van der Waals surface area contributed by atoms with Crippen LogP contribution in [0.4, 0.5) is 9.93 Å². The van der Waals surface area contributed by atoms with E-state index < -0.39 is 8.32 Å². The van der Waals surface area contributed by atoms with Crippen molar-refractivity contribution in [3.8, 4) is 5.75 Å². The summed E-state index contributed by atoms with van der Waals surface area (Å²) in [5, 5.41) is 6.50. The first-order valence-electron chi connectivity index (χ1n) is 13.8. The lowest BCUT2D eigenvalue weighted by molar-refractivity contribution is 0.188. The molecular formula is C31H33N3O3SSi. The van der Waals surface area contributed by atoms with Crippen LogP contribution in [0.15, 0.2) is 72.8 Å². The van der Waals surface area contributed by atoms with Gasteiger partial charge in [-0.1, -0.05) is 92.8 Å². The zero-order chi connectivity index (χ0) is 26.8. The highest BCUT2D eigenvalue weighted by molar-refractivity contribution is 7.22. The van der Waals surface area contributed by atoms with E-state index in [-0.39, 0.29) is 29.3 Å². The average molecular weight is 556 g/mol. The van der Waals surface area contributed by atoms with Crippen molar-refractivity contribution in [3.63, 3.8) is 0 Å². The second-order valence-corrected chi connectivity index (χ2v) is 17.1. The highest BCUT2D eigenvalue weighted by atomic mass is 32.1. The van der Waals surface area contributed by atoms with Gasteiger partial charge in [-0.3, -0.25) is 4.90 Å². The standard InChI is InChI=1S/C31H33N3O3SSi/c1-31(2,3)39(21-10-6-4-7-11-21,22-12-8-5-9-13-22)37-20-18-24-25(19-20)34(29(35)32-24)30-33-28-23-16-17-36-26(23)14-15-27(28)38-30/h4-15,20,24-25H,16-19H2,1-3H3,(H,32,35)/t20-,24+,25-/m1/s1. The van der Waals surface area contributed by atoms with Gasteiger partial charge in [-0.2, -0.15) is 0 Å². The van der Waals surface area contributed by atoms with Gasteiger partial charge in [-0.25, -0.2) is 9.78 Å². The van der Waals surface area contributed by atoms with Crippen LogP contribution >= 0.6 is 11.3 Å². The van der Waals surface area contributed by atoms with Crippen LogP contribution in [0.2, 0.25) is 5.04 Å². The molecule has 0 spiro atoms. The maximum absolute atomic E-state index is 13.2. The largest absolute Gasteiger partial charge is 0.493 e. The van der Waals surface area contributed by atoms with Crippen LogP contribution in [-0.2, 0) is 10.8 Å². The first kappa shape index (κ1) is 24.8. The van der Waals surface area contributed by atoms with Crippen molar-refractivity contribution in [2.24, 2.45) is 0 Å². The van der Waals surface area contributed by atoms with Crippen molar-refractivity contribution >= 4 is 51.4 Å². The van der Waals surface area contributed by atoms with Gasteiger partial charge in [0.25, 0.3) is 8.32 Å². The summed E-state index contributed by atoms with van der Waals surface area (Å²) in [7, 11) is -2.68. The molecule has 4 aromatic rings. The molecule has 2 amide bonds. The number of fused-ring (bicyclic) bond motifs is 4. The summed E-state index contributed by atoms with van der Waals surface area (Å²) in [6, 6.07) is 25.7. The third-order valence-electron chi connectivity index (χ3n) is 8.53. The number of carbonyl (C=O) groups is 1. The molecule has 1 saturated carbocycles. The van der Waals surface area contributed by atoms with Crippen LogP contribution in [-0.4, -0.2) is 44.1 Å². The second-order valence-electron chi connectivity index (χ2n) is 11.9. The minimum absolute atomic E-state index is 0.0191. The predicted octanol–water partition coefficient (Wildman–Crippen LogP) is 5.24. The molecule has 1 N–H and O–H groups in total. The molecule has 39 heavy (non-hydrogen) atoms. The van der Waals surface area contributed by atoms with Crippen molar-refractivity contribution in [1.82, 2.24) is 10.3 Å². The lowest BCUT2D eigenvalue weighted by atomic mass is 10.1. The number of ether oxygens (including phenoxy) is 1. The van der Waals surface area contributed by atoms with E-state index in [4.69, 9.17) is 14.1 Å². The molecule has 0 bridgehead atoms. The fraction of sp³-hybridized carbons (Fsp3) is 0.355. The zero-order valence-electron chi connectivity index (χ0n) is 22.5. The number of benzene rings is 3. The minimum Gasteiger partial charge on any atom is -0.493 e. The smallest absolute Gasteiger partial charge is 0.324 e. The minimum atomic E-state index is -2.68. The number of hydrogen-bond acceptors (Lipinski definition) is 5. The normalized spacial score (nSPS) is 22.6. The number of nitrogens with one attached hydrogen (secondary N) is 1. The van der Waals surface area contributed by atoms with E-state index >= 15 is 0 Å². The highest BCUT2D eigenvalue weighted by Crippen LogP contribution is 2.44. The summed E-state index contributed by atoms with van der Waals surface area (Å²) in [6.45, 7) is 7.63. The number of hydrogen-bond donors (Lipinski definition) is 1. The summed E-state index contributed by atoms with van der Waals surface area (Å²) in [5.41, 5.74) is 2.13. The molecule has 6 nitrogen and oxygen atoms in total. The van der Waals surface area contributed by atoms with Crippen LogP contribution in [0.5, 0.6) is 5.75 Å². The third kappa shape index (κ3) is 3.91. The molecule has 1 saturated heterocycles. The highest BCUT2D eigenvalue weighted by Gasteiger charge is 2.55. The molecule has 1 aromatic heterocycles. The Bertz CT molecular complexity index is 1500. The Morgan fingerprint density at radius 3 is 2.36 bits per heavy atom. The molecule has 2 fully saturated rings. The number of thiazole rings is 1. The SMILES string of the molecule is CC(C)(C)[Si](O[C@@H]1C[C@@H]2NC(=O)N(c3nc4c5c(ccc4s3)OCC5)[C@@H]2C1)(c1ccccc1)c1ccccc1. The monoisotopic (exact) mass is 555 g/mol. The summed E-state index contributed by atoms with van der Waals surface area (Å²) in [5.74, 6) is 0.919. The fourth-order valence-electron chi connectivity index (χ4n) is 6.82. The van der Waals surface area contributed by atoms with Gasteiger partial charge in [0, 0.05) is 18.1 Å². The topological polar surface area (TPSA) is 63.7 Å². The van der Waals surface area contributed by atoms with Crippen LogP contribution in [0.1, 0.15) is 39.2 Å². The van der Waals surface area contributed by atoms with Gasteiger partial charge in [0.2, 0.25) is 0 Å². The van der Waals surface area contributed by atoms with Crippen molar-refractivity contribution in [2.75, 3.05) is 11.5 Å². The van der Waals surface area contributed by atoms with E-state index in [2.05, 4.69) is 92.8 Å². The van der Waals surface area contributed by atoms with Crippen LogP contribution < -0.4 is 25.3 Å². The quantitative estimate of drug-likeness (QED) is 0.342. The molecule has 200 valence electrons. The van der Waals surface area contributed by atoms with Crippen molar-refractivity contribution in [1.29, 1.82) is 0 Å². The summed E-state index contributed by atoms with van der Waals surface area (Å²) in [6.07, 6.45) is 2.47. The maximum Gasteiger partial charge on any atom is 0.324 e. The predicted molar refractivity (Wildman–Crippen MR) is 159 cm³/mol. The number of anilines is 1. The third-order valence-corrected chi connectivity index (χ3v) is 14.6. The zero-order valence-corrected chi connectivity index (χ0v) is 24.3. The fourth-order valence-corrected chi connectivity index (χ4v) is 12.6. The molecular weight excluding hydrogens is 523 g/mol. The molecule has 3 aromatic carbocycles.